The number of aromatic nitrogens is 1. The topological polar surface area (TPSA) is 45.7 Å². The van der Waals surface area contributed by atoms with Gasteiger partial charge in [-0.15, -0.1) is 0 Å². The minimum Gasteiger partial charge on any atom is -0.467 e. The minimum absolute atomic E-state index is 0.0843. The van der Waals surface area contributed by atoms with E-state index in [-0.39, 0.29) is 17.4 Å². The van der Waals surface area contributed by atoms with Gasteiger partial charge in [-0.1, -0.05) is 12.8 Å². The number of carbonyl (C=O) groups is 1. The summed E-state index contributed by atoms with van der Waals surface area (Å²) in [4.78, 5) is 20.6. The van der Waals surface area contributed by atoms with Crippen molar-refractivity contribution < 1.29 is 22.7 Å². The van der Waals surface area contributed by atoms with Crippen molar-refractivity contribution in [2.45, 2.75) is 37.9 Å². The molecule has 1 aromatic rings. The van der Waals surface area contributed by atoms with Crippen molar-refractivity contribution in [3.63, 3.8) is 0 Å². The Hall–Kier alpha value is -1.83. The molecule has 25 heavy (non-hydrogen) atoms. The van der Waals surface area contributed by atoms with Crippen LogP contribution in [0.15, 0.2) is 18.3 Å². The third-order valence-corrected chi connectivity index (χ3v) is 4.82. The second kappa shape index (κ2) is 7.59. The molecule has 0 unspecified atom stereocenters. The molecule has 3 rings (SSSR count). The van der Waals surface area contributed by atoms with Crippen molar-refractivity contribution in [2.75, 3.05) is 32.8 Å². The van der Waals surface area contributed by atoms with Gasteiger partial charge in [-0.3, -0.25) is 9.69 Å². The molecule has 2 fully saturated rings. The van der Waals surface area contributed by atoms with Crippen molar-refractivity contribution in [1.29, 1.82) is 0 Å². The van der Waals surface area contributed by atoms with E-state index in [2.05, 4.69) is 9.88 Å². The maximum absolute atomic E-state index is 12.7. The summed E-state index contributed by atoms with van der Waals surface area (Å²) in [5, 5.41) is 0. The first-order chi connectivity index (χ1) is 11.9. The van der Waals surface area contributed by atoms with Gasteiger partial charge >= 0.3 is 6.18 Å². The Morgan fingerprint density at radius 3 is 2.52 bits per heavy atom. The first kappa shape index (κ1) is 18.0. The summed E-state index contributed by atoms with van der Waals surface area (Å²) in [6, 6.07) is 3.61. The standard InChI is InChI=1S/C17H22F3N3O2/c18-17(19,20)12-25-15-14(6-3-7-21-15)16(24)23-10-8-22(9-11-23)13-4-1-2-5-13/h3,6-7,13H,1-2,4-5,8-12H2. The molecule has 1 saturated carbocycles. The molecule has 1 aliphatic heterocycles. The van der Waals surface area contributed by atoms with Crippen molar-refractivity contribution in [3.8, 4) is 5.88 Å². The number of hydrogen-bond acceptors (Lipinski definition) is 4. The van der Waals surface area contributed by atoms with Crippen molar-refractivity contribution in [1.82, 2.24) is 14.8 Å². The second-order valence-corrected chi connectivity index (χ2v) is 6.53. The molecule has 2 heterocycles. The molecule has 1 saturated heterocycles. The zero-order valence-electron chi connectivity index (χ0n) is 14.0. The summed E-state index contributed by atoms with van der Waals surface area (Å²) in [6.45, 7) is 1.29. The lowest BCUT2D eigenvalue weighted by Crippen LogP contribution is -2.51. The van der Waals surface area contributed by atoms with E-state index in [9.17, 15) is 18.0 Å². The number of carbonyl (C=O) groups excluding carboxylic acids is 1. The fourth-order valence-electron chi connectivity index (χ4n) is 3.55. The van der Waals surface area contributed by atoms with Crippen molar-refractivity contribution in [3.05, 3.63) is 23.9 Å². The van der Waals surface area contributed by atoms with Crippen LogP contribution in [-0.4, -0.2) is 65.7 Å². The monoisotopic (exact) mass is 357 g/mol. The lowest BCUT2D eigenvalue weighted by Gasteiger charge is -2.38. The average molecular weight is 357 g/mol. The SMILES string of the molecule is O=C(c1cccnc1OCC(F)(F)F)N1CCN(C2CCCC2)CC1. The van der Waals surface area contributed by atoms with Gasteiger partial charge in [0, 0.05) is 38.4 Å². The highest BCUT2D eigenvalue weighted by molar-refractivity contribution is 5.96. The number of halogens is 3. The third kappa shape index (κ3) is 4.62. The Morgan fingerprint density at radius 1 is 1.20 bits per heavy atom. The predicted octanol–water partition coefficient (Wildman–Crippen LogP) is 2.72. The van der Waals surface area contributed by atoms with E-state index in [1.165, 1.54) is 44.0 Å². The van der Waals surface area contributed by atoms with Gasteiger partial charge in [-0.05, 0) is 25.0 Å². The van der Waals surface area contributed by atoms with Crippen LogP contribution in [-0.2, 0) is 0 Å². The highest BCUT2D eigenvalue weighted by atomic mass is 19.4. The van der Waals surface area contributed by atoms with Crippen LogP contribution in [0.2, 0.25) is 0 Å². The summed E-state index contributed by atoms with van der Waals surface area (Å²) in [7, 11) is 0. The number of ether oxygens (including phenoxy) is 1. The van der Waals surface area contributed by atoms with Gasteiger partial charge in [0.2, 0.25) is 5.88 Å². The molecule has 1 amide bonds. The molecule has 2 aliphatic rings. The van der Waals surface area contributed by atoms with Gasteiger partial charge in [-0.2, -0.15) is 13.2 Å². The molecular weight excluding hydrogens is 335 g/mol. The Labute approximate surface area is 144 Å². The largest absolute Gasteiger partial charge is 0.467 e. The normalized spacial score (nSPS) is 20.0. The Morgan fingerprint density at radius 2 is 1.88 bits per heavy atom. The fourth-order valence-corrected chi connectivity index (χ4v) is 3.55. The molecule has 8 heteroatoms. The number of amides is 1. The van der Waals surface area contributed by atoms with Gasteiger partial charge < -0.3 is 9.64 Å². The van der Waals surface area contributed by atoms with E-state index < -0.39 is 12.8 Å². The Kier molecular flexibility index (Phi) is 5.46. The molecule has 0 bridgehead atoms. The molecular formula is C17H22F3N3O2. The van der Waals surface area contributed by atoms with E-state index in [1.54, 1.807) is 4.90 Å². The van der Waals surface area contributed by atoms with Gasteiger partial charge in [-0.25, -0.2) is 4.98 Å². The summed E-state index contributed by atoms with van der Waals surface area (Å²) in [5.41, 5.74) is 0.0843. The van der Waals surface area contributed by atoms with E-state index in [4.69, 9.17) is 4.74 Å². The van der Waals surface area contributed by atoms with Crippen molar-refractivity contribution in [2.24, 2.45) is 0 Å². The maximum Gasteiger partial charge on any atom is 0.422 e. The lowest BCUT2D eigenvalue weighted by atomic mass is 10.1. The molecule has 0 aromatic carbocycles. The smallest absolute Gasteiger partial charge is 0.422 e. The van der Waals surface area contributed by atoms with Gasteiger partial charge in [0.15, 0.2) is 6.61 Å². The number of nitrogens with zero attached hydrogens (tertiary/aromatic N) is 3. The van der Waals surface area contributed by atoms with E-state index >= 15 is 0 Å². The quantitative estimate of drug-likeness (QED) is 0.831. The van der Waals surface area contributed by atoms with Crippen LogP contribution < -0.4 is 4.74 Å². The molecule has 0 spiro atoms. The Bertz CT molecular complexity index is 595. The first-order valence-electron chi connectivity index (χ1n) is 8.62. The number of hydrogen-bond donors (Lipinski definition) is 0. The fraction of sp³-hybridized carbons (Fsp3) is 0.647. The van der Waals surface area contributed by atoms with Crippen LogP contribution in [0.25, 0.3) is 0 Å². The van der Waals surface area contributed by atoms with Crippen LogP contribution in [0.5, 0.6) is 5.88 Å². The average Bonchev–Trinajstić information content (AvgIpc) is 3.14. The summed E-state index contributed by atoms with van der Waals surface area (Å²) in [5.74, 6) is -0.584. The third-order valence-electron chi connectivity index (χ3n) is 4.82. The molecule has 0 atom stereocenters. The molecule has 5 nitrogen and oxygen atoms in total. The van der Waals surface area contributed by atoms with Crippen LogP contribution in [0.4, 0.5) is 13.2 Å². The predicted molar refractivity (Wildman–Crippen MR) is 85.5 cm³/mol. The van der Waals surface area contributed by atoms with Crippen LogP contribution in [0, 0.1) is 0 Å². The summed E-state index contributed by atoms with van der Waals surface area (Å²) < 4.78 is 41.8. The van der Waals surface area contributed by atoms with Gasteiger partial charge in [0.1, 0.15) is 5.56 Å². The number of piperazine rings is 1. The van der Waals surface area contributed by atoms with Crippen molar-refractivity contribution >= 4 is 5.91 Å². The molecule has 0 N–H and O–H groups in total. The Balaban J connectivity index is 1.61. The molecule has 1 aromatic heterocycles. The molecule has 1 aliphatic carbocycles. The maximum atomic E-state index is 12.7. The van der Waals surface area contributed by atoms with Gasteiger partial charge in [0.05, 0.1) is 0 Å². The number of alkyl halides is 3. The second-order valence-electron chi connectivity index (χ2n) is 6.53. The van der Waals surface area contributed by atoms with E-state index in [0.717, 1.165) is 13.1 Å². The lowest BCUT2D eigenvalue weighted by molar-refractivity contribution is -0.154. The molecule has 0 radical (unpaired) electrons. The highest BCUT2D eigenvalue weighted by Crippen LogP contribution is 2.25. The first-order valence-corrected chi connectivity index (χ1v) is 8.62. The summed E-state index contributed by atoms with van der Waals surface area (Å²) in [6.07, 6.45) is 1.81. The van der Waals surface area contributed by atoms with Crippen LogP contribution in [0.3, 0.4) is 0 Å². The number of pyridine rings is 1. The van der Waals surface area contributed by atoms with Crippen LogP contribution in [0.1, 0.15) is 36.0 Å². The molecule has 138 valence electrons. The van der Waals surface area contributed by atoms with Gasteiger partial charge in [0.25, 0.3) is 5.91 Å². The summed E-state index contributed by atoms with van der Waals surface area (Å²) >= 11 is 0. The highest BCUT2D eigenvalue weighted by Gasteiger charge is 2.32. The zero-order chi connectivity index (χ0) is 17.9. The van der Waals surface area contributed by atoms with E-state index in [0.29, 0.717) is 19.1 Å². The minimum atomic E-state index is -4.47. The van der Waals surface area contributed by atoms with Crippen LogP contribution >= 0.6 is 0 Å². The van der Waals surface area contributed by atoms with E-state index in [1.807, 2.05) is 0 Å². The number of rotatable bonds is 4. The zero-order valence-corrected chi connectivity index (χ0v) is 14.0.